The van der Waals surface area contributed by atoms with Crippen LogP contribution in [0.25, 0.3) is 0 Å². The van der Waals surface area contributed by atoms with Crippen LogP contribution in [0.4, 0.5) is 11.4 Å². The predicted octanol–water partition coefficient (Wildman–Crippen LogP) is 3.88. The van der Waals surface area contributed by atoms with Crippen molar-refractivity contribution in [1.29, 1.82) is 0 Å². The quantitative estimate of drug-likeness (QED) is 0.638. The fraction of sp³-hybridized carbons (Fsp3) is 0.235. The van der Waals surface area contributed by atoms with Gasteiger partial charge in [0.2, 0.25) is 0 Å². The van der Waals surface area contributed by atoms with Crippen molar-refractivity contribution < 1.29 is 9.72 Å². The number of carbonyl (C=O) groups excluding carboxylic acids is 1. The first kappa shape index (κ1) is 14.3. The van der Waals surface area contributed by atoms with Gasteiger partial charge in [0.25, 0.3) is 11.6 Å². The number of anilines is 1. The number of nitrogens with zero attached hydrogens (tertiary/aromatic N) is 2. The highest BCUT2D eigenvalue weighted by Gasteiger charge is 2.30. The van der Waals surface area contributed by atoms with Gasteiger partial charge in [-0.3, -0.25) is 14.9 Å². The van der Waals surface area contributed by atoms with Gasteiger partial charge >= 0.3 is 0 Å². The molecule has 0 spiro atoms. The Bertz CT molecular complexity index is 751. The molecule has 0 atom stereocenters. The lowest BCUT2D eigenvalue weighted by atomic mass is 10.0. The molecular weight excluding hydrogens is 280 g/mol. The van der Waals surface area contributed by atoms with E-state index in [-0.39, 0.29) is 11.6 Å². The zero-order valence-corrected chi connectivity index (χ0v) is 12.4. The number of rotatable bonds is 3. The van der Waals surface area contributed by atoms with Crippen LogP contribution >= 0.6 is 0 Å². The highest BCUT2D eigenvalue weighted by atomic mass is 16.6. The molecule has 0 aromatic heterocycles. The van der Waals surface area contributed by atoms with Crippen molar-refractivity contribution in [2.45, 2.75) is 26.3 Å². The van der Waals surface area contributed by atoms with Gasteiger partial charge in [0, 0.05) is 17.8 Å². The van der Waals surface area contributed by atoms with Gasteiger partial charge < -0.3 is 4.90 Å². The number of amides is 1. The van der Waals surface area contributed by atoms with Crippen LogP contribution in [0.15, 0.2) is 42.5 Å². The Morgan fingerprint density at radius 2 is 1.82 bits per heavy atom. The summed E-state index contributed by atoms with van der Waals surface area (Å²) in [5.74, 6) is 0.249. The van der Waals surface area contributed by atoms with Crippen molar-refractivity contribution in [3.8, 4) is 0 Å². The first-order chi connectivity index (χ1) is 10.5. The maximum Gasteiger partial charge on any atom is 0.270 e. The standard InChI is InChI=1S/C17H16N2O3/c1-11(2)12-3-6-14(7-4-12)18-10-13-5-8-15(19(21)22)9-16(13)17(18)20/h3-9,11H,10H2,1-2H3. The Labute approximate surface area is 128 Å². The summed E-state index contributed by atoms with van der Waals surface area (Å²) in [6.07, 6.45) is 0. The van der Waals surface area contributed by atoms with E-state index in [2.05, 4.69) is 13.8 Å². The Balaban J connectivity index is 1.92. The molecule has 1 aliphatic rings. The van der Waals surface area contributed by atoms with Crippen molar-refractivity contribution in [2.75, 3.05) is 4.90 Å². The number of non-ortho nitro benzene ring substituents is 1. The minimum absolute atomic E-state index is 0.0518. The molecule has 22 heavy (non-hydrogen) atoms. The van der Waals surface area contributed by atoms with Crippen LogP contribution in [0.1, 0.15) is 41.3 Å². The molecule has 0 saturated heterocycles. The summed E-state index contributed by atoms with van der Waals surface area (Å²) >= 11 is 0. The third-order valence-corrected chi connectivity index (χ3v) is 3.98. The van der Waals surface area contributed by atoms with E-state index < -0.39 is 4.92 Å². The summed E-state index contributed by atoms with van der Waals surface area (Å²) in [6, 6.07) is 12.3. The molecule has 0 saturated carbocycles. The minimum atomic E-state index is -0.479. The molecule has 5 nitrogen and oxygen atoms in total. The molecule has 0 aliphatic carbocycles. The van der Waals surface area contributed by atoms with E-state index in [1.165, 1.54) is 17.7 Å². The summed E-state index contributed by atoms with van der Waals surface area (Å²) < 4.78 is 0. The normalized spacial score (nSPS) is 13.6. The number of hydrogen-bond acceptors (Lipinski definition) is 3. The Hall–Kier alpha value is -2.69. The molecule has 2 aromatic carbocycles. The van der Waals surface area contributed by atoms with Crippen LogP contribution in [0, 0.1) is 10.1 Å². The minimum Gasteiger partial charge on any atom is -0.304 e. The van der Waals surface area contributed by atoms with Gasteiger partial charge in [-0.25, -0.2) is 0 Å². The number of fused-ring (bicyclic) bond motifs is 1. The molecule has 1 heterocycles. The van der Waals surface area contributed by atoms with Crippen molar-refractivity contribution in [1.82, 2.24) is 0 Å². The highest BCUT2D eigenvalue weighted by molar-refractivity contribution is 6.10. The van der Waals surface area contributed by atoms with Crippen molar-refractivity contribution in [3.63, 3.8) is 0 Å². The largest absolute Gasteiger partial charge is 0.304 e. The number of hydrogen-bond donors (Lipinski definition) is 0. The Morgan fingerprint density at radius 3 is 2.41 bits per heavy atom. The third kappa shape index (κ3) is 2.35. The molecule has 1 amide bonds. The van der Waals surface area contributed by atoms with E-state index in [0.29, 0.717) is 18.0 Å². The fourth-order valence-electron chi connectivity index (χ4n) is 2.65. The van der Waals surface area contributed by atoms with E-state index in [1.807, 2.05) is 24.3 Å². The molecule has 0 fully saturated rings. The van der Waals surface area contributed by atoms with Crippen molar-refractivity contribution >= 4 is 17.3 Å². The second-order valence-corrected chi connectivity index (χ2v) is 5.74. The summed E-state index contributed by atoms with van der Waals surface area (Å²) in [4.78, 5) is 24.5. The molecule has 112 valence electrons. The van der Waals surface area contributed by atoms with Gasteiger partial charge in [-0.05, 0) is 35.2 Å². The number of nitro groups is 1. The van der Waals surface area contributed by atoms with E-state index >= 15 is 0 Å². The van der Waals surface area contributed by atoms with E-state index in [1.54, 1.807) is 11.0 Å². The van der Waals surface area contributed by atoms with Gasteiger partial charge in [-0.1, -0.05) is 26.0 Å². The molecule has 5 heteroatoms. The Morgan fingerprint density at radius 1 is 1.14 bits per heavy atom. The smallest absolute Gasteiger partial charge is 0.270 e. The van der Waals surface area contributed by atoms with E-state index in [0.717, 1.165) is 11.3 Å². The lowest BCUT2D eigenvalue weighted by molar-refractivity contribution is -0.384. The van der Waals surface area contributed by atoms with Crippen LogP contribution in [-0.4, -0.2) is 10.8 Å². The molecule has 0 N–H and O–H groups in total. The second-order valence-electron chi connectivity index (χ2n) is 5.74. The first-order valence-electron chi connectivity index (χ1n) is 7.16. The molecule has 0 radical (unpaired) electrons. The Kier molecular flexibility index (Phi) is 3.41. The average Bonchev–Trinajstić information content (AvgIpc) is 2.84. The number of carbonyl (C=O) groups is 1. The van der Waals surface area contributed by atoms with Crippen LogP contribution in [0.2, 0.25) is 0 Å². The number of benzene rings is 2. The monoisotopic (exact) mass is 296 g/mol. The molecule has 3 rings (SSSR count). The topological polar surface area (TPSA) is 63.4 Å². The molecule has 0 bridgehead atoms. The molecule has 0 unspecified atom stereocenters. The molecular formula is C17H16N2O3. The van der Waals surface area contributed by atoms with Gasteiger partial charge in [-0.15, -0.1) is 0 Å². The maximum atomic E-state index is 12.5. The lowest BCUT2D eigenvalue weighted by Gasteiger charge is -2.16. The van der Waals surface area contributed by atoms with Gasteiger partial charge in [0.05, 0.1) is 17.0 Å². The third-order valence-electron chi connectivity index (χ3n) is 3.98. The predicted molar refractivity (Wildman–Crippen MR) is 84.1 cm³/mol. The maximum absolute atomic E-state index is 12.5. The van der Waals surface area contributed by atoms with Crippen molar-refractivity contribution in [2.24, 2.45) is 0 Å². The van der Waals surface area contributed by atoms with E-state index in [9.17, 15) is 14.9 Å². The zero-order chi connectivity index (χ0) is 15.9. The highest BCUT2D eigenvalue weighted by Crippen LogP contribution is 2.31. The average molecular weight is 296 g/mol. The lowest BCUT2D eigenvalue weighted by Crippen LogP contribution is -2.22. The molecule has 2 aromatic rings. The van der Waals surface area contributed by atoms with Crippen molar-refractivity contribution in [3.05, 3.63) is 69.3 Å². The summed E-state index contributed by atoms with van der Waals surface area (Å²) in [5, 5.41) is 10.8. The molecule has 1 aliphatic heterocycles. The van der Waals surface area contributed by atoms with Gasteiger partial charge in [0.15, 0.2) is 0 Å². The summed E-state index contributed by atoms with van der Waals surface area (Å²) in [6.45, 7) is 4.68. The van der Waals surface area contributed by atoms with Gasteiger partial charge in [0.1, 0.15) is 0 Å². The zero-order valence-electron chi connectivity index (χ0n) is 12.4. The van der Waals surface area contributed by atoms with Crippen LogP contribution in [0.3, 0.4) is 0 Å². The van der Waals surface area contributed by atoms with Crippen LogP contribution in [0.5, 0.6) is 0 Å². The summed E-state index contributed by atoms with van der Waals surface area (Å²) in [7, 11) is 0. The summed E-state index contributed by atoms with van der Waals surface area (Å²) in [5.41, 5.74) is 3.21. The first-order valence-corrected chi connectivity index (χ1v) is 7.16. The van der Waals surface area contributed by atoms with Crippen LogP contribution in [-0.2, 0) is 6.54 Å². The van der Waals surface area contributed by atoms with Crippen LogP contribution < -0.4 is 4.90 Å². The fourth-order valence-corrected chi connectivity index (χ4v) is 2.65. The van der Waals surface area contributed by atoms with Gasteiger partial charge in [-0.2, -0.15) is 0 Å². The van der Waals surface area contributed by atoms with E-state index in [4.69, 9.17) is 0 Å². The SMILES string of the molecule is CC(C)c1ccc(N2Cc3ccc([N+](=O)[O-])cc3C2=O)cc1. The number of nitro benzene ring substituents is 1. The second kappa shape index (κ2) is 5.26.